The van der Waals surface area contributed by atoms with Gasteiger partial charge in [0, 0.05) is 39.3 Å². The van der Waals surface area contributed by atoms with Crippen LogP contribution in [0.15, 0.2) is 12.3 Å². The second kappa shape index (κ2) is 7.96. The molecule has 0 saturated carbocycles. The molecule has 2 N–H and O–H groups in total. The molecule has 8 heteroatoms. The van der Waals surface area contributed by atoms with Crippen LogP contribution in [0.4, 0.5) is 10.6 Å². The van der Waals surface area contributed by atoms with E-state index in [0.29, 0.717) is 32.7 Å². The van der Waals surface area contributed by atoms with Crippen molar-refractivity contribution in [3.05, 3.63) is 12.3 Å². The molecule has 0 aliphatic carbocycles. The third-order valence-corrected chi connectivity index (χ3v) is 4.22. The summed E-state index contributed by atoms with van der Waals surface area (Å²) >= 11 is 0. The predicted octanol–water partition coefficient (Wildman–Crippen LogP) is 0.750. The normalized spacial score (nSPS) is 16.9. The van der Waals surface area contributed by atoms with Crippen LogP contribution in [0.5, 0.6) is 0 Å². The molecule has 0 bridgehead atoms. The van der Waals surface area contributed by atoms with E-state index in [0.717, 1.165) is 12.2 Å². The number of carbonyl (C=O) groups excluding carboxylic acids is 2. The Hall–Kier alpha value is -2.09. The lowest BCUT2D eigenvalue weighted by Crippen LogP contribution is -2.52. The molecule has 1 atom stereocenters. The van der Waals surface area contributed by atoms with Crippen LogP contribution in [-0.4, -0.2) is 71.3 Å². The van der Waals surface area contributed by atoms with Gasteiger partial charge < -0.3 is 10.2 Å². The monoisotopic (exact) mass is 322 g/mol. The zero-order chi connectivity index (χ0) is 16.8. The van der Waals surface area contributed by atoms with E-state index >= 15 is 0 Å². The summed E-state index contributed by atoms with van der Waals surface area (Å²) in [4.78, 5) is 27.6. The molecular formula is C15H26N6O2. The molecule has 1 saturated heterocycles. The van der Waals surface area contributed by atoms with E-state index in [9.17, 15) is 9.59 Å². The second-order valence-corrected chi connectivity index (χ2v) is 5.78. The predicted molar refractivity (Wildman–Crippen MR) is 88.3 cm³/mol. The zero-order valence-electron chi connectivity index (χ0n) is 14.1. The standard InChI is InChI=1S/C15H26N6O2/c1-4-12(2)21-13(5-6-17-21)18-15(23)20-9-7-19(8-10-20)11-14(22)16-3/h5-6,12H,4,7-11H2,1-3H3,(H,16,22)(H,18,23). The highest BCUT2D eigenvalue weighted by molar-refractivity contribution is 5.88. The summed E-state index contributed by atoms with van der Waals surface area (Å²) in [6.45, 7) is 7.16. The van der Waals surface area contributed by atoms with Crippen LogP contribution in [0.1, 0.15) is 26.3 Å². The third kappa shape index (κ3) is 4.44. The van der Waals surface area contributed by atoms with Crippen LogP contribution < -0.4 is 10.6 Å². The summed E-state index contributed by atoms with van der Waals surface area (Å²) in [5.41, 5.74) is 0. The van der Waals surface area contributed by atoms with E-state index in [1.807, 2.05) is 15.6 Å². The van der Waals surface area contributed by atoms with Crippen molar-refractivity contribution in [1.82, 2.24) is 24.9 Å². The fourth-order valence-corrected chi connectivity index (χ4v) is 2.52. The fourth-order valence-electron chi connectivity index (χ4n) is 2.52. The molecule has 128 valence electrons. The Labute approximate surface area is 136 Å². The van der Waals surface area contributed by atoms with E-state index < -0.39 is 0 Å². The highest BCUT2D eigenvalue weighted by atomic mass is 16.2. The molecule has 0 spiro atoms. The summed E-state index contributed by atoms with van der Waals surface area (Å²) < 4.78 is 1.83. The molecular weight excluding hydrogens is 296 g/mol. The summed E-state index contributed by atoms with van der Waals surface area (Å²) in [5.74, 6) is 0.720. The third-order valence-electron chi connectivity index (χ3n) is 4.22. The van der Waals surface area contributed by atoms with Gasteiger partial charge in [-0.05, 0) is 13.3 Å². The van der Waals surface area contributed by atoms with Crippen LogP contribution in [0, 0.1) is 0 Å². The first kappa shape index (κ1) is 17.3. The number of urea groups is 1. The molecule has 8 nitrogen and oxygen atoms in total. The van der Waals surface area contributed by atoms with Crippen LogP contribution in [0.3, 0.4) is 0 Å². The maximum Gasteiger partial charge on any atom is 0.323 e. The van der Waals surface area contributed by atoms with E-state index in [-0.39, 0.29) is 18.0 Å². The first-order valence-corrected chi connectivity index (χ1v) is 8.07. The number of hydrogen-bond donors (Lipinski definition) is 2. The van der Waals surface area contributed by atoms with Gasteiger partial charge in [-0.15, -0.1) is 0 Å². The largest absolute Gasteiger partial charge is 0.358 e. The van der Waals surface area contributed by atoms with Gasteiger partial charge in [0.2, 0.25) is 5.91 Å². The average Bonchev–Trinajstić information content (AvgIpc) is 3.02. The molecule has 0 radical (unpaired) electrons. The number of aromatic nitrogens is 2. The molecule has 3 amide bonds. The van der Waals surface area contributed by atoms with E-state index in [1.165, 1.54) is 0 Å². The van der Waals surface area contributed by atoms with Gasteiger partial charge >= 0.3 is 6.03 Å². The minimum Gasteiger partial charge on any atom is -0.358 e. The Morgan fingerprint density at radius 1 is 1.30 bits per heavy atom. The molecule has 1 unspecified atom stereocenters. The van der Waals surface area contributed by atoms with Gasteiger partial charge in [0.05, 0.1) is 18.8 Å². The summed E-state index contributed by atoms with van der Waals surface area (Å²) in [7, 11) is 1.63. The number of anilines is 1. The minimum absolute atomic E-state index is 0.000330. The van der Waals surface area contributed by atoms with Crippen LogP contribution in [0.25, 0.3) is 0 Å². The zero-order valence-corrected chi connectivity index (χ0v) is 14.1. The van der Waals surface area contributed by atoms with Crippen molar-refractivity contribution in [2.75, 3.05) is 45.1 Å². The Bertz CT molecular complexity index is 536. The van der Waals surface area contributed by atoms with Crippen molar-refractivity contribution in [3.63, 3.8) is 0 Å². The topological polar surface area (TPSA) is 82.5 Å². The lowest BCUT2D eigenvalue weighted by atomic mass is 10.3. The maximum absolute atomic E-state index is 12.4. The summed E-state index contributed by atoms with van der Waals surface area (Å²) in [5, 5.41) is 9.82. The van der Waals surface area contributed by atoms with Crippen LogP contribution >= 0.6 is 0 Å². The SMILES string of the molecule is CCC(C)n1nccc1NC(=O)N1CCN(CC(=O)NC)CC1. The van der Waals surface area contributed by atoms with Gasteiger partial charge in [0.25, 0.3) is 0 Å². The number of piperazine rings is 1. The molecule has 1 aromatic heterocycles. The number of nitrogens with zero attached hydrogens (tertiary/aromatic N) is 4. The highest BCUT2D eigenvalue weighted by Crippen LogP contribution is 2.17. The molecule has 1 fully saturated rings. The minimum atomic E-state index is -0.116. The summed E-state index contributed by atoms with van der Waals surface area (Å²) in [6.07, 6.45) is 2.64. The summed E-state index contributed by atoms with van der Waals surface area (Å²) in [6, 6.07) is 1.94. The Balaban J connectivity index is 1.86. The molecule has 1 aromatic rings. The van der Waals surface area contributed by atoms with Gasteiger partial charge in [-0.1, -0.05) is 6.92 Å². The van der Waals surface area contributed by atoms with Gasteiger partial charge in [0.15, 0.2) is 0 Å². The maximum atomic E-state index is 12.4. The van der Waals surface area contributed by atoms with Crippen molar-refractivity contribution >= 4 is 17.8 Å². The Morgan fingerprint density at radius 3 is 2.61 bits per heavy atom. The van der Waals surface area contributed by atoms with Crippen molar-refractivity contribution in [2.24, 2.45) is 0 Å². The van der Waals surface area contributed by atoms with E-state index in [1.54, 1.807) is 18.1 Å². The number of carbonyl (C=O) groups is 2. The van der Waals surface area contributed by atoms with Crippen LogP contribution in [-0.2, 0) is 4.79 Å². The molecule has 1 aliphatic heterocycles. The lowest BCUT2D eigenvalue weighted by molar-refractivity contribution is -0.122. The first-order chi connectivity index (χ1) is 11.0. The molecule has 2 rings (SSSR count). The smallest absolute Gasteiger partial charge is 0.323 e. The number of amides is 3. The lowest BCUT2D eigenvalue weighted by Gasteiger charge is -2.34. The van der Waals surface area contributed by atoms with Gasteiger partial charge in [-0.25, -0.2) is 9.48 Å². The molecule has 1 aliphatic rings. The average molecular weight is 322 g/mol. The first-order valence-electron chi connectivity index (χ1n) is 8.07. The van der Waals surface area contributed by atoms with Crippen molar-refractivity contribution in [1.29, 1.82) is 0 Å². The van der Waals surface area contributed by atoms with Crippen molar-refractivity contribution in [2.45, 2.75) is 26.3 Å². The van der Waals surface area contributed by atoms with E-state index in [2.05, 4.69) is 29.6 Å². The Morgan fingerprint density at radius 2 is 2.00 bits per heavy atom. The van der Waals surface area contributed by atoms with E-state index in [4.69, 9.17) is 0 Å². The second-order valence-electron chi connectivity index (χ2n) is 5.78. The Kier molecular flexibility index (Phi) is 5.97. The molecule has 2 heterocycles. The number of hydrogen-bond acceptors (Lipinski definition) is 4. The highest BCUT2D eigenvalue weighted by Gasteiger charge is 2.23. The quantitative estimate of drug-likeness (QED) is 0.838. The number of rotatable bonds is 5. The number of nitrogens with one attached hydrogen (secondary N) is 2. The van der Waals surface area contributed by atoms with Gasteiger partial charge in [-0.2, -0.15) is 5.10 Å². The van der Waals surface area contributed by atoms with Crippen LogP contribution in [0.2, 0.25) is 0 Å². The van der Waals surface area contributed by atoms with Gasteiger partial charge in [-0.3, -0.25) is 15.0 Å². The number of likely N-dealkylation sites (N-methyl/N-ethyl adjacent to an activating group) is 1. The van der Waals surface area contributed by atoms with Gasteiger partial charge in [0.1, 0.15) is 5.82 Å². The van der Waals surface area contributed by atoms with Crippen molar-refractivity contribution < 1.29 is 9.59 Å². The molecule has 0 aromatic carbocycles. The molecule has 23 heavy (non-hydrogen) atoms. The van der Waals surface area contributed by atoms with Crippen molar-refractivity contribution in [3.8, 4) is 0 Å². The fraction of sp³-hybridized carbons (Fsp3) is 0.667.